The molecule has 0 unspecified atom stereocenters. The molecule has 1 aliphatic rings. The van der Waals surface area contributed by atoms with E-state index in [0.29, 0.717) is 5.76 Å². The van der Waals surface area contributed by atoms with Crippen LogP contribution >= 0.6 is 0 Å². The largest absolute Gasteiger partial charge is 0.467 e. The predicted octanol–water partition coefficient (Wildman–Crippen LogP) is 2.55. The fourth-order valence-electron chi connectivity index (χ4n) is 2.58. The minimum absolute atomic E-state index is 0.0659. The van der Waals surface area contributed by atoms with Crippen LogP contribution in [0.1, 0.15) is 18.7 Å². The van der Waals surface area contributed by atoms with E-state index in [0.717, 1.165) is 5.69 Å². The number of ether oxygens (including phenoxy) is 1. The van der Waals surface area contributed by atoms with E-state index < -0.39 is 5.92 Å². The number of carbonyl (C=O) groups is 2. The van der Waals surface area contributed by atoms with Crippen molar-refractivity contribution in [2.75, 3.05) is 11.5 Å². The number of rotatable bonds is 4. The molecule has 1 aliphatic heterocycles. The van der Waals surface area contributed by atoms with Crippen LogP contribution in [-0.2, 0) is 14.3 Å². The number of furan rings is 1. The van der Waals surface area contributed by atoms with Gasteiger partial charge in [-0.2, -0.15) is 0 Å². The maximum absolute atomic E-state index is 12.4. The summed E-state index contributed by atoms with van der Waals surface area (Å²) in [7, 11) is 0. The number of anilines is 1. The van der Waals surface area contributed by atoms with Crippen LogP contribution in [0.2, 0.25) is 0 Å². The van der Waals surface area contributed by atoms with Crippen LogP contribution in [0.4, 0.5) is 5.69 Å². The van der Waals surface area contributed by atoms with Gasteiger partial charge in [-0.05, 0) is 24.3 Å². The van der Waals surface area contributed by atoms with E-state index >= 15 is 0 Å². The number of para-hydroxylation sites is 1. The Hall–Kier alpha value is -2.56. The number of nitrogens with zero attached hydrogens (tertiary/aromatic N) is 1. The van der Waals surface area contributed by atoms with Crippen LogP contribution < -0.4 is 4.90 Å². The summed E-state index contributed by atoms with van der Waals surface area (Å²) in [4.78, 5) is 25.0. The van der Waals surface area contributed by atoms with E-state index in [-0.39, 0.29) is 24.5 Å². The van der Waals surface area contributed by atoms with Crippen molar-refractivity contribution in [3.05, 3.63) is 54.5 Å². The monoisotopic (exact) mass is 285 g/mol. The minimum Gasteiger partial charge on any atom is -0.467 e. The lowest BCUT2D eigenvalue weighted by molar-refractivity contribution is -0.147. The van der Waals surface area contributed by atoms with Crippen LogP contribution in [0.15, 0.2) is 53.1 Å². The third kappa shape index (κ3) is 2.42. The molecular weight excluding hydrogens is 270 g/mol. The first-order valence-electron chi connectivity index (χ1n) is 6.73. The summed E-state index contributed by atoms with van der Waals surface area (Å²) < 4.78 is 10.4. The Bertz CT molecular complexity index is 636. The summed E-state index contributed by atoms with van der Waals surface area (Å²) in [5.41, 5.74) is 0.808. The zero-order valence-corrected chi connectivity index (χ0v) is 11.6. The van der Waals surface area contributed by atoms with Gasteiger partial charge in [0, 0.05) is 12.6 Å². The molecule has 0 spiro atoms. The van der Waals surface area contributed by atoms with E-state index in [1.54, 1.807) is 17.2 Å². The van der Waals surface area contributed by atoms with Gasteiger partial charge in [0.25, 0.3) is 0 Å². The molecule has 1 fully saturated rings. The summed E-state index contributed by atoms with van der Waals surface area (Å²) in [5, 5.41) is 0. The van der Waals surface area contributed by atoms with Crippen LogP contribution in [0.5, 0.6) is 0 Å². The van der Waals surface area contributed by atoms with Crippen LogP contribution in [-0.4, -0.2) is 18.5 Å². The van der Waals surface area contributed by atoms with Gasteiger partial charge in [-0.1, -0.05) is 18.2 Å². The SMILES string of the molecule is CC(=O)OC[C@H]1C(=O)N(c2ccccc2)[C@H]1c1ccco1. The van der Waals surface area contributed by atoms with Crippen LogP contribution in [0.3, 0.4) is 0 Å². The molecule has 3 rings (SSSR count). The van der Waals surface area contributed by atoms with Gasteiger partial charge in [-0.25, -0.2) is 0 Å². The van der Waals surface area contributed by atoms with Gasteiger partial charge in [-0.3, -0.25) is 9.59 Å². The number of esters is 1. The number of hydrogen-bond donors (Lipinski definition) is 0. The quantitative estimate of drug-likeness (QED) is 0.640. The van der Waals surface area contributed by atoms with E-state index in [9.17, 15) is 9.59 Å². The molecule has 0 radical (unpaired) electrons. The molecule has 0 N–H and O–H groups in total. The fraction of sp³-hybridized carbons (Fsp3) is 0.250. The minimum atomic E-state index is -0.403. The normalized spacial score (nSPS) is 21.0. The lowest BCUT2D eigenvalue weighted by Crippen LogP contribution is -2.57. The van der Waals surface area contributed by atoms with Gasteiger partial charge < -0.3 is 14.1 Å². The molecular formula is C16H15NO4. The Morgan fingerprint density at radius 3 is 2.62 bits per heavy atom. The maximum Gasteiger partial charge on any atom is 0.302 e. The topological polar surface area (TPSA) is 59.8 Å². The van der Waals surface area contributed by atoms with Gasteiger partial charge in [0.05, 0.1) is 6.26 Å². The number of benzene rings is 1. The Balaban J connectivity index is 1.87. The van der Waals surface area contributed by atoms with Crippen molar-refractivity contribution in [3.63, 3.8) is 0 Å². The molecule has 0 aliphatic carbocycles. The number of hydrogen-bond acceptors (Lipinski definition) is 4. The zero-order valence-electron chi connectivity index (χ0n) is 11.6. The van der Waals surface area contributed by atoms with E-state index in [2.05, 4.69) is 0 Å². The van der Waals surface area contributed by atoms with Crippen LogP contribution in [0.25, 0.3) is 0 Å². The summed E-state index contributed by atoms with van der Waals surface area (Å²) >= 11 is 0. The van der Waals surface area contributed by atoms with Crippen molar-refractivity contribution in [1.29, 1.82) is 0 Å². The van der Waals surface area contributed by atoms with E-state index in [4.69, 9.17) is 9.15 Å². The van der Waals surface area contributed by atoms with E-state index in [1.807, 2.05) is 36.4 Å². The second kappa shape index (κ2) is 5.44. The number of β-lactam (4-membered cyclic amide) rings is 1. The highest BCUT2D eigenvalue weighted by molar-refractivity contribution is 6.03. The molecule has 1 aromatic heterocycles. The lowest BCUT2D eigenvalue weighted by Gasteiger charge is -2.45. The van der Waals surface area contributed by atoms with Crippen molar-refractivity contribution in [3.8, 4) is 0 Å². The van der Waals surface area contributed by atoms with Gasteiger partial charge in [-0.15, -0.1) is 0 Å². The molecule has 5 heteroatoms. The summed E-state index contributed by atoms with van der Waals surface area (Å²) in [5.74, 6) is -0.168. The summed E-state index contributed by atoms with van der Waals surface area (Å²) in [6, 6.07) is 12.8. The number of amides is 1. The van der Waals surface area contributed by atoms with Crippen molar-refractivity contribution in [2.24, 2.45) is 5.92 Å². The predicted molar refractivity (Wildman–Crippen MR) is 75.5 cm³/mol. The zero-order chi connectivity index (χ0) is 14.8. The third-order valence-corrected chi connectivity index (χ3v) is 3.55. The Labute approximate surface area is 122 Å². The summed E-state index contributed by atoms with van der Waals surface area (Å²) in [6.45, 7) is 1.41. The Kier molecular flexibility index (Phi) is 3.48. The highest BCUT2D eigenvalue weighted by Crippen LogP contribution is 2.43. The second-order valence-corrected chi connectivity index (χ2v) is 4.91. The highest BCUT2D eigenvalue weighted by Gasteiger charge is 2.50. The molecule has 1 amide bonds. The van der Waals surface area contributed by atoms with Crippen molar-refractivity contribution in [1.82, 2.24) is 0 Å². The molecule has 2 heterocycles. The summed E-state index contributed by atoms with van der Waals surface area (Å²) in [6.07, 6.45) is 1.57. The molecule has 21 heavy (non-hydrogen) atoms. The average molecular weight is 285 g/mol. The Morgan fingerprint density at radius 2 is 2.00 bits per heavy atom. The van der Waals surface area contributed by atoms with Crippen molar-refractivity contribution >= 4 is 17.6 Å². The Morgan fingerprint density at radius 1 is 1.24 bits per heavy atom. The first-order chi connectivity index (χ1) is 10.2. The van der Waals surface area contributed by atoms with Crippen LogP contribution in [0, 0.1) is 5.92 Å². The van der Waals surface area contributed by atoms with E-state index in [1.165, 1.54) is 6.92 Å². The van der Waals surface area contributed by atoms with Crippen molar-refractivity contribution in [2.45, 2.75) is 13.0 Å². The molecule has 1 aromatic carbocycles. The molecule has 5 nitrogen and oxygen atoms in total. The molecule has 2 aromatic rings. The first-order valence-corrected chi connectivity index (χ1v) is 6.73. The molecule has 1 saturated heterocycles. The highest BCUT2D eigenvalue weighted by atomic mass is 16.5. The lowest BCUT2D eigenvalue weighted by atomic mass is 9.85. The van der Waals surface area contributed by atoms with Gasteiger partial charge >= 0.3 is 5.97 Å². The number of carbonyl (C=O) groups excluding carboxylic acids is 2. The smallest absolute Gasteiger partial charge is 0.302 e. The maximum atomic E-state index is 12.4. The standard InChI is InChI=1S/C16H15NO4/c1-11(18)21-10-13-15(14-8-5-9-20-14)17(16(13)19)12-6-3-2-4-7-12/h2-9,13,15H,10H2,1H3/t13-,15-/m1/s1. The molecule has 2 atom stereocenters. The van der Waals surface area contributed by atoms with Crippen molar-refractivity contribution < 1.29 is 18.7 Å². The second-order valence-electron chi connectivity index (χ2n) is 4.91. The first kappa shape index (κ1) is 13.4. The third-order valence-electron chi connectivity index (χ3n) is 3.55. The molecule has 0 saturated carbocycles. The van der Waals surface area contributed by atoms with Gasteiger partial charge in [0.1, 0.15) is 24.3 Å². The fourth-order valence-corrected chi connectivity index (χ4v) is 2.58. The average Bonchev–Trinajstić information content (AvgIpc) is 2.99. The van der Waals surface area contributed by atoms with Gasteiger partial charge in [0.2, 0.25) is 5.91 Å². The van der Waals surface area contributed by atoms with Gasteiger partial charge in [0.15, 0.2) is 0 Å². The molecule has 108 valence electrons. The molecule has 0 bridgehead atoms.